The summed E-state index contributed by atoms with van der Waals surface area (Å²) < 4.78 is 2.06. The Morgan fingerprint density at radius 3 is 2.52 bits per heavy atom. The summed E-state index contributed by atoms with van der Waals surface area (Å²) in [6.07, 6.45) is 8.06. The van der Waals surface area contributed by atoms with Crippen LogP contribution >= 0.6 is 0 Å². The van der Waals surface area contributed by atoms with E-state index >= 15 is 0 Å². The number of hydrogen-bond acceptors (Lipinski definition) is 3. The highest BCUT2D eigenvalue weighted by atomic mass is 16.2. The van der Waals surface area contributed by atoms with Crippen LogP contribution in [-0.2, 0) is 5.54 Å². The van der Waals surface area contributed by atoms with Gasteiger partial charge in [0.2, 0.25) is 0 Å². The first-order chi connectivity index (χ1) is 11.9. The molecule has 1 aliphatic carbocycles. The predicted molar refractivity (Wildman–Crippen MR) is 96.4 cm³/mol. The summed E-state index contributed by atoms with van der Waals surface area (Å²) in [5.74, 6) is 0.632. The standard InChI is InChI=1S/C20H26N4O/c1-20(2,3)24-18(14-6-7-14)13-16(22-24)19(25)23-12-4-5-17(23)15-8-10-21-11-9-15/h8-11,13-14,17H,4-7,12H2,1-3H3/t17-/m0/s1. The van der Waals surface area contributed by atoms with Crippen LogP contribution < -0.4 is 0 Å². The van der Waals surface area contributed by atoms with Gasteiger partial charge < -0.3 is 4.90 Å². The fourth-order valence-electron chi connectivity index (χ4n) is 3.80. The van der Waals surface area contributed by atoms with Gasteiger partial charge in [0, 0.05) is 30.6 Å². The van der Waals surface area contributed by atoms with Crippen LogP contribution in [0.3, 0.4) is 0 Å². The van der Waals surface area contributed by atoms with Gasteiger partial charge in [0.1, 0.15) is 0 Å². The SMILES string of the molecule is CC(C)(C)n1nc(C(=O)N2CCC[C@H]2c2ccncc2)cc1C1CC1. The van der Waals surface area contributed by atoms with Crippen molar-refractivity contribution in [2.45, 2.75) is 64.0 Å². The van der Waals surface area contributed by atoms with Crippen LogP contribution in [0.25, 0.3) is 0 Å². The number of carbonyl (C=O) groups excluding carboxylic acids is 1. The van der Waals surface area contributed by atoms with Crippen molar-refractivity contribution in [3.05, 3.63) is 47.5 Å². The fourth-order valence-corrected chi connectivity index (χ4v) is 3.80. The average Bonchev–Trinajstić information content (AvgIpc) is 3.14. The second kappa shape index (κ2) is 5.97. The summed E-state index contributed by atoms with van der Waals surface area (Å²) in [4.78, 5) is 19.3. The third-order valence-electron chi connectivity index (χ3n) is 5.19. The molecule has 5 heteroatoms. The molecule has 25 heavy (non-hydrogen) atoms. The van der Waals surface area contributed by atoms with E-state index in [9.17, 15) is 4.79 Å². The Bertz CT molecular complexity index is 771. The number of carbonyl (C=O) groups is 1. The quantitative estimate of drug-likeness (QED) is 0.853. The molecular weight excluding hydrogens is 312 g/mol. The summed E-state index contributed by atoms with van der Waals surface area (Å²) in [7, 11) is 0. The smallest absolute Gasteiger partial charge is 0.274 e. The molecule has 4 rings (SSSR count). The Hall–Kier alpha value is -2.17. The molecule has 0 radical (unpaired) electrons. The third-order valence-corrected chi connectivity index (χ3v) is 5.19. The first kappa shape index (κ1) is 16.3. The van der Waals surface area contributed by atoms with Crippen molar-refractivity contribution < 1.29 is 4.79 Å². The second-order valence-electron chi connectivity index (χ2n) is 8.25. The lowest BCUT2D eigenvalue weighted by molar-refractivity contribution is 0.0728. The van der Waals surface area contributed by atoms with E-state index in [0.717, 1.165) is 19.4 Å². The van der Waals surface area contributed by atoms with Gasteiger partial charge in [-0.25, -0.2) is 0 Å². The minimum absolute atomic E-state index is 0.0595. The molecule has 0 unspecified atom stereocenters. The normalized spacial score (nSPS) is 20.9. The van der Waals surface area contributed by atoms with Crippen molar-refractivity contribution >= 4 is 5.91 Å². The topological polar surface area (TPSA) is 51.0 Å². The van der Waals surface area contributed by atoms with Gasteiger partial charge in [-0.2, -0.15) is 5.10 Å². The minimum atomic E-state index is -0.105. The predicted octanol–water partition coefficient (Wildman–Crippen LogP) is 3.89. The molecule has 0 aromatic carbocycles. The monoisotopic (exact) mass is 338 g/mol. The van der Waals surface area contributed by atoms with Crippen molar-refractivity contribution in [2.24, 2.45) is 0 Å². The van der Waals surface area contributed by atoms with Crippen LogP contribution in [-0.4, -0.2) is 32.1 Å². The van der Waals surface area contributed by atoms with Gasteiger partial charge in [-0.3, -0.25) is 14.5 Å². The Balaban J connectivity index is 1.64. The molecule has 2 aromatic rings. The van der Waals surface area contributed by atoms with E-state index in [1.807, 2.05) is 23.1 Å². The van der Waals surface area contributed by atoms with Crippen LogP contribution in [0.4, 0.5) is 0 Å². The summed E-state index contributed by atoms with van der Waals surface area (Å²) in [5.41, 5.74) is 2.87. The van der Waals surface area contributed by atoms with Crippen LogP contribution in [0, 0.1) is 0 Å². The van der Waals surface area contributed by atoms with Gasteiger partial charge in [0.25, 0.3) is 5.91 Å². The first-order valence-electron chi connectivity index (χ1n) is 9.26. The third kappa shape index (κ3) is 3.08. The summed E-state index contributed by atoms with van der Waals surface area (Å²) in [6, 6.07) is 6.20. The number of hydrogen-bond donors (Lipinski definition) is 0. The first-order valence-corrected chi connectivity index (χ1v) is 9.26. The molecular formula is C20H26N4O. The van der Waals surface area contributed by atoms with Crippen LogP contribution in [0.2, 0.25) is 0 Å². The maximum atomic E-state index is 13.2. The fraction of sp³-hybridized carbons (Fsp3) is 0.550. The molecule has 1 saturated carbocycles. The number of aromatic nitrogens is 3. The molecule has 1 atom stereocenters. The average molecular weight is 338 g/mol. The van der Waals surface area contributed by atoms with E-state index in [0.29, 0.717) is 11.6 Å². The van der Waals surface area contributed by atoms with Gasteiger partial charge in [0.05, 0.1) is 11.6 Å². The molecule has 1 amide bonds. The molecule has 2 aliphatic rings. The number of amides is 1. The van der Waals surface area contributed by atoms with E-state index in [2.05, 4.69) is 30.4 Å². The molecule has 5 nitrogen and oxygen atoms in total. The molecule has 1 saturated heterocycles. The second-order valence-corrected chi connectivity index (χ2v) is 8.25. The Kier molecular flexibility index (Phi) is 3.89. The van der Waals surface area contributed by atoms with E-state index in [-0.39, 0.29) is 17.5 Å². The van der Waals surface area contributed by atoms with Gasteiger partial charge in [-0.15, -0.1) is 0 Å². The van der Waals surface area contributed by atoms with Crippen molar-refractivity contribution in [1.29, 1.82) is 0 Å². The van der Waals surface area contributed by atoms with E-state index in [1.165, 1.54) is 24.1 Å². The highest BCUT2D eigenvalue weighted by Crippen LogP contribution is 2.42. The zero-order valence-electron chi connectivity index (χ0n) is 15.3. The number of rotatable bonds is 3. The van der Waals surface area contributed by atoms with E-state index < -0.39 is 0 Å². The van der Waals surface area contributed by atoms with Gasteiger partial charge in [-0.1, -0.05) is 0 Å². The molecule has 3 heterocycles. The van der Waals surface area contributed by atoms with Crippen molar-refractivity contribution in [1.82, 2.24) is 19.7 Å². The zero-order valence-corrected chi connectivity index (χ0v) is 15.3. The lowest BCUT2D eigenvalue weighted by atomic mass is 10.1. The molecule has 2 aromatic heterocycles. The van der Waals surface area contributed by atoms with Gasteiger partial charge in [0.15, 0.2) is 5.69 Å². The molecule has 0 N–H and O–H groups in total. The lowest BCUT2D eigenvalue weighted by Gasteiger charge is -2.24. The molecule has 132 valence electrons. The maximum absolute atomic E-state index is 13.2. The van der Waals surface area contributed by atoms with Crippen LogP contribution in [0.15, 0.2) is 30.6 Å². The highest BCUT2D eigenvalue weighted by molar-refractivity contribution is 5.93. The van der Waals surface area contributed by atoms with Gasteiger partial charge in [-0.05, 0) is 70.2 Å². The molecule has 1 aliphatic heterocycles. The maximum Gasteiger partial charge on any atom is 0.274 e. The van der Waals surface area contributed by atoms with Crippen molar-refractivity contribution in [2.75, 3.05) is 6.54 Å². The molecule has 0 spiro atoms. The zero-order chi connectivity index (χ0) is 17.6. The van der Waals surface area contributed by atoms with E-state index in [4.69, 9.17) is 5.10 Å². The lowest BCUT2D eigenvalue weighted by Crippen LogP contribution is -2.31. The van der Waals surface area contributed by atoms with Gasteiger partial charge >= 0.3 is 0 Å². The van der Waals surface area contributed by atoms with Crippen LogP contribution in [0.5, 0.6) is 0 Å². The highest BCUT2D eigenvalue weighted by Gasteiger charge is 2.36. The van der Waals surface area contributed by atoms with Crippen molar-refractivity contribution in [3.8, 4) is 0 Å². The molecule has 0 bridgehead atoms. The molecule has 2 fully saturated rings. The summed E-state index contributed by atoms with van der Waals surface area (Å²) >= 11 is 0. The number of pyridine rings is 1. The minimum Gasteiger partial charge on any atom is -0.330 e. The Morgan fingerprint density at radius 1 is 1.16 bits per heavy atom. The largest absolute Gasteiger partial charge is 0.330 e. The Morgan fingerprint density at radius 2 is 1.88 bits per heavy atom. The van der Waals surface area contributed by atoms with Crippen LogP contribution in [0.1, 0.15) is 80.2 Å². The number of nitrogens with zero attached hydrogens (tertiary/aromatic N) is 4. The van der Waals surface area contributed by atoms with Crippen molar-refractivity contribution in [3.63, 3.8) is 0 Å². The Labute approximate surface area is 149 Å². The summed E-state index contributed by atoms with van der Waals surface area (Å²) in [6.45, 7) is 7.24. The summed E-state index contributed by atoms with van der Waals surface area (Å²) in [5, 5.41) is 4.73. The number of likely N-dealkylation sites (tertiary alicyclic amines) is 1. The van der Waals surface area contributed by atoms with E-state index in [1.54, 1.807) is 12.4 Å².